The van der Waals surface area contributed by atoms with Gasteiger partial charge in [-0.3, -0.25) is 9.59 Å². The van der Waals surface area contributed by atoms with E-state index < -0.39 is 23.3 Å². The summed E-state index contributed by atoms with van der Waals surface area (Å²) in [7, 11) is 0. The molecule has 0 radical (unpaired) electrons. The fourth-order valence-corrected chi connectivity index (χ4v) is 1.99. The molecule has 0 aromatic carbocycles. The average molecular weight is 229 g/mol. The number of carboxylic acids is 1. The maximum absolute atomic E-state index is 11.7. The van der Waals surface area contributed by atoms with Gasteiger partial charge in [-0.25, -0.2) is 5.43 Å². The molecule has 2 atom stereocenters. The molecule has 4 N–H and O–H groups in total. The van der Waals surface area contributed by atoms with Gasteiger partial charge in [0.15, 0.2) is 5.54 Å². The fourth-order valence-electron chi connectivity index (χ4n) is 1.99. The minimum atomic E-state index is -1.42. The number of hydrogen-bond donors (Lipinski definition) is 4. The number of carbonyl (C=O) groups excluding carboxylic acids is 1. The Morgan fingerprint density at radius 3 is 2.62 bits per heavy atom. The normalized spacial score (nSPS) is 26.2. The van der Waals surface area contributed by atoms with E-state index in [0.29, 0.717) is 12.1 Å². The Morgan fingerprint density at radius 2 is 2.31 bits per heavy atom. The van der Waals surface area contributed by atoms with Gasteiger partial charge in [0.05, 0.1) is 12.1 Å². The molecule has 1 aliphatic heterocycles. The quantitative estimate of drug-likeness (QED) is 0.484. The van der Waals surface area contributed by atoms with Crippen LogP contribution in [0.2, 0.25) is 0 Å². The maximum Gasteiger partial charge on any atom is 0.303 e. The summed E-state index contributed by atoms with van der Waals surface area (Å²) in [6.07, 6.45) is 0.213. The second kappa shape index (κ2) is 4.58. The molecule has 90 valence electrons. The lowest BCUT2D eigenvalue weighted by atomic mass is 9.77. The Bertz CT molecular complexity index is 342. The lowest BCUT2D eigenvalue weighted by molar-refractivity contribution is -0.140. The van der Waals surface area contributed by atoms with Crippen molar-refractivity contribution in [2.75, 3.05) is 0 Å². The molecule has 0 aromatic heterocycles. The highest BCUT2D eigenvalue weighted by molar-refractivity contribution is 6.16. The Kier molecular flexibility index (Phi) is 3.61. The van der Waals surface area contributed by atoms with Crippen LogP contribution in [0.4, 0.5) is 0 Å². The maximum atomic E-state index is 11.7. The summed E-state index contributed by atoms with van der Waals surface area (Å²) in [5, 5.41) is 21.7. The third kappa shape index (κ3) is 1.79. The van der Waals surface area contributed by atoms with Gasteiger partial charge in [0.25, 0.3) is 5.91 Å². The molecular formula is C9H15N3O4. The molecule has 0 fully saturated rings. The van der Waals surface area contributed by atoms with Gasteiger partial charge in [0, 0.05) is 5.92 Å². The van der Waals surface area contributed by atoms with Crippen LogP contribution in [0.15, 0.2) is 5.10 Å². The SMILES string of the molecule is CCC(CC(=O)O)C1(NO)C(=O)NN=C1C. The summed E-state index contributed by atoms with van der Waals surface area (Å²) in [5.74, 6) is -2.10. The highest BCUT2D eigenvalue weighted by Gasteiger charge is 2.51. The standard InChI is InChI=1S/C9H15N3O4/c1-3-6(4-7(13)14)9(12-16)5(2)10-11-8(9)15/h6,12,16H,3-4H2,1-2H3,(H,11,15)(H,13,14). The van der Waals surface area contributed by atoms with Crippen LogP contribution in [0.25, 0.3) is 0 Å². The number of hydrogen-bond acceptors (Lipinski definition) is 5. The van der Waals surface area contributed by atoms with Crippen LogP contribution >= 0.6 is 0 Å². The van der Waals surface area contributed by atoms with E-state index in [4.69, 9.17) is 5.11 Å². The number of amides is 1. The summed E-state index contributed by atoms with van der Waals surface area (Å²) in [4.78, 5) is 22.4. The number of carboxylic acid groups (broad SMARTS) is 1. The molecule has 0 saturated heterocycles. The van der Waals surface area contributed by atoms with Crippen molar-refractivity contribution in [1.82, 2.24) is 10.9 Å². The molecular weight excluding hydrogens is 214 g/mol. The molecule has 7 heteroatoms. The summed E-state index contributed by atoms with van der Waals surface area (Å²) in [6, 6.07) is 0. The van der Waals surface area contributed by atoms with Crippen LogP contribution in [-0.4, -0.2) is 33.4 Å². The molecule has 0 aliphatic carbocycles. The molecule has 0 saturated carbocycles. The zero-order valence-corrected chi connectivity index (χ0v) is 9.15. The molecule has 1 rings (SSSR count). The Labute approximate surface area is 92.5 Å². The number of aliphatic carboxylic acids is 1. The zero-order valence-electron chi connectivity index (χ0n) is 9.15. The van der Waals surface area contributed by atoms with Crippen LogP contribution in [0.1, 0.15) is 26.7 Å². The zero-order chi connectivity index (χ0) is 12.3. The first-order valence-electron chi connectivity index (χ1n) is 4.97. The second-order valence-electron chi connectivity index (χ2n) is 3.76. The molecule has 1 amide bonds. The minimum Gasteiger partial charge on any atom is -0.481 e. The predicted octanol–water partition coefficient (Wildman–Crippen LogP) is -0.289. The van der Waals surface area contributed by atoms with E-state index in [9.17, 15) is 14.8 Å². The highest BCUT2D eigenvalue weighted by atomic mass is 16.5. The number of rotatable bonds is 5. The van der Waals surface area contributed by atoms with E-state index in [2.05, 4.69) is 10.5 Å². The van der Waals surface area contributed by atoms with Crippen molar-refractivity contribution in [2.24, 2.45) is 11.0 Å². The van der Waals surface area contributed by atoms with Crippen molar-refractivity contribution < 1.29 is 19.9 Å². The second-order valence-corrected chi connectivity index (χ2v) is 3.76. The van der Waals surface area contributed by atoms with Gasteiger partial charge in [-0.05, 0) is 13.3 Å². The number of nitrogens with zero attached hydrogens (tertiary/aromatic N) is 1. The summed E-state index contributed by atoms with van der Waals surface area (Å²) >= 11 is 0. The van der Waals surface area contributed by atoms with Gasteiger partial charge in [0.2, 0.25) is 0 Å². The van der Waals surface area contributed by atoms with Crippen LogP contribution in [0.3, 0.4) is 0 Å². The molecule has 0 bridgehead atoms. The molecule has 16 heavy (non-hydrogen) atoms. The third-order valence-corrected chi connectivity index (χ3v) is 2.96. The van der Waals surface area contributed by atoms with E-state index in [1.807, 2.05) is 5.48 Å². The van der Waals surface area contributed by atoms with Gasteiger partial charge in [-0.1, -0.05) is 6.92 Å². The van der Waals surface area contributed by atoms with E-state index in [1.165, 1.54) is 0 Å². The lowest BCUT2D eigenvalue weighted by Crippen LogP contribution is -2.60. The van der Waals surface area contributed by atoms with Crippen molar-refractivity contribution >= 4 is 17.6 Å². The highest BCUT2D eigenvalue weighted by Crippen LogP contribution is 2.28. The van der Waals surface area contributed by atoms with Gasteiger partial charge in [-0.15, -0.1) is 0 Å². The largest absolute Gasteiger partial charge is 0.481 e. The summed E-state index contributed by atoms with van der Waals surface area (Å²) in [6.45, 7) is 3.32. The van der Waals surface area contributed by atoms with E-state index in [-0.39, 0.29) is 6.42 Å². The van der Waals surface area contributed by atoms with Crippen molar-refractivity contribution in [2.45, 2.75) is 32.2 Å². The van der Waals surface area contributed by atoms with Crippen LogP contribution in [-0.2, 0) is 9.59 Å². The van der Waals surface area contributed by atoms with Crippen molar-refractivity contribution in [3.05, 3.63) is 0 Å². The predicted molar refractivity (Wildman–Crippen MR) is 54.9 cm³/mol. The Balaban J connectivity index is 3.06. The van der Waals surface area contributed by atoms with E-state index >= 15 is 0 Å². The molecule has 2 unspecified atom stereocenters. The van der Waals surface area contributed by atoms with E-state index in [1.54, 1.807) is 13.8 Å². The van der Waals surface area contributed by atoms with Gasteiger partial charge in [-0.2, -0.15) is 10.6 Å². The Morgan fingerprint density at radius 1 is 1.69 bits per heavy atom. The molecule has 7 nitrogen and oxygen atoms in total. The van der Waals surface area contributed by atoms with Gasteiger partial charge >= 0.3 is 5.97 Å². The molecule has 0 aromatic rings. The first-order valence-corrected chi connectivity index (χ1v) is 4.97. The summed E-state index contributed by atoms with van der Waals surface area (Å²) < 4.78 is 0. The van der Waals surface area contributed by atoms with Crippen molar-refractivity contribution in [3.63, 3.8) is 0 Å². The van der Waals surface area contributed by atoms with Crippen molar-refractivity contribution in [1.29, 1.82) is 0 Å². The minimum absolute atomic E-state index is 0.218. The Hall–Kier alpha value is -1.47. The van der Waals surface area contributed by atoms with E-state index in [0.717, 1.165) is 0 Å². The first kappa shape index (κ1) is 12.6. The lowest BCUT2D eigenvalue weighted by Gasteiger charge is -2.32. The van der Waals surface area contributed by atoms with Crippen LogP contribution < -0.4 is 10.9 Å². The summed E-state index contributed by atoms with van der Waals surface area (Å²) in [5.41, 5.74) is 3.08. The average Bonchev–Trinajstić information content (AvgIpc) is 2.52. The van der Waals surface area contributed by atoms with Crippen molar-refractivity contribution in [3.8, 4) is 0 Å². The number of hydrazone groups is 1. The molecule has 1 aliphatic rings. The number of hydroxylamine groups is 1. The third-order valence-electron chi connectivity index (χ3n) is 2.96. The molecule has 1 heterocycles. The topological polar surface area (TPSA) is 111 Å². The van der Waals surface area contributed by atoms with Gasteiger partial charge < -0.3 is 10.3 Å². The molecule has 0 spiro atoms. The first-order chi connectivity index (χ1) is 7.48. The van der Waals surface area contributed by atoms with Gasteiger partial charge in [0.1, 0.15) is 0 Å². The van der Waals surface area contributed by atoms with Crippen LogP contribution in [0.5, 0.6) is 0 Å². The number of carbonyl (C=O) groups is 2. The van der Waals surface area contributed by atoms with Crippen LogP contribution in [0, 0.1) is 5.92 Å². The monoisotopic (exact) mass is 229 g/mol. The fraction of sp³-hybridized carbons (Fsp3) is 0.667. The number of nitrogens with one attached hydrogen (secondary N) is 2. The smallest absolute Gasteiger partial charge is 0.303 e.